The molecule has 0 N–H and O–H groups in total. The average molecular weight is 403 g/mol. The molecule has 2 saturated heterocycles. The Balaban J connectivity index is 0.000000283. The van der Waals surface area contributed by atoms with Gasteiger partial charge < -0.3 is 18.9 Å². The van der Waals surface area contributed by atoms with Crippen molar-refractivity contribution in [2.24, 2.45) is 0 Å². The van der Waals surface area contributed by atoms with Crippen LogP contribution in [0.2, 0.25) is 0 Å². The second kappa shape index (κ2) is 17.6. The van der Waals surface area contributed by atoms with Crippen LogP contribution in [0.3, 0.4) is 0 Å². The molecule has 2 fully saturated rings. The van der Waals surface area contributed by atoms with E-state index in [1.165, 1.54) is 19.4 Å². The van der Waals surface area contributed by atoms with Crippen LogP contribution in [-0.2, 0) is 18.9 Å². The zero-order valence-electron chi connectivity index (χ0n) is 19.0. The summed E-state index contributed by atoms with van der Waals surface area (Å²) in [6.07, 6.45) is 5.47. The van der Waals surface area contributed by atoms with Gasteiger partial charge in [0.1, 0.15) is 0 Å². The number of hydrogen-bond acceptors (Lipinski definition) is 6. The fourth-order valence-electron chi connectivity index (χ4n) is 3.10. The first-order valence-corrected chi connectivity index (χ1v) is 11.4. The lowest BCUT2D eigenvalue weighted by Gasteiger charge is -2.26. The van der Waals surface area contributed by atoms with E-state index in [1.807, 2.05) is 0 Å². The number of hydrogen-bond donors (Lipinski definition) is 0. The minimum atomic E-state index is 0.365. The molecule has 1 unspecified atom stereocenters. The van der Waals surface area contributed by atoms with E-state index in [2.05, 4.69) is 37.5 Å². The second-order valence-electron chi connectivity index (χ2n) is 7.98. The van der Waals surface area contributed by atoms with Gasteiger partial charge in [0, 0.05) is 45.9 Å². The van der Waals surface area contributed by atoms with Crippen LogP contribution in [0.15, 0.2) is 0 Å². The minimum Gasteiger partial charge on any atom is -0.379 e. The van der Waals surface area contributed by atoms with E-state index in [9.17, 15) is 0 Å². The van der Waals surface area contributed by atoms with E-state index < -0.39 is 0 Å². The number of unbranched alkanes of at least 4 members (excludes halogenated alkanes) is 1. The molecular formula is C22H46N2O4. The SMILES string of the molecule is CC(C)OCCCN1CCOCC1.CCC(C)OCCCCN1CCOCC1. The standard InChI is InChI=1S/C12H25NO2.C10H21NO2/c1-3-12(2)15-9-5-4-6-13-7-10-14-11-8-13;1-10(2)13-7-3-4-11-5-8-12-9-6-11/h12H,3-11H2,1-2H3;10H,3-9H2,1-2H3. The Kier molecular flexibility index (Phi) is 16.2. The van der Waals surface area contributed by atoms with Crippen LogP contribution in [0.1, 0.15) is 53.4 Å². The molecule has 0 amide bonds. The molecule has 28 heavy (non-hydrogen) atoms. The molecule has 168 valence electrons. The Bertz CT molecular complexity index is 332. The van der Waals surface area contributed by atoms with Crippen molar-refractivity contribution in [3.05, 3.63) is 0 Å². The normalized spacial score (nSPS) is 20.0. The van der Waals surface area contributed by atoms with Crippen molar-refractivity contribution in [3.63, 3.8) is 0 Å². The zero-order chi connectivity index (χ0) is 20.5. The number of nitrogens with zero attached hydrogens (tertiary/aromatic N) is 2. The molecular weight excluding hydrogens is 356 g/mol. The lowest BCUT2D eigenvalue weighted by atomic mass is 10.3. The highest BCUT2D eigenvalue weighted by molar-refractivity contribution is 4.62. The average Bonchev–Trinajstić information content (AvgIpc) is 2.72. The topological polar surface area (TPSA) is 43.4 Å². The molecule has 2 aliphatic heterocycles. The highest BCUT2D eigenvalue weighted by Crippen LogP contribution is 2.02. The summed E-state index contributed by atoms with van der Waals surface area (Å²) in [5, 5.41) is 0. The van der Waals surface area contributed by atoms with Crippen molar-refractivity contribution in [3.8, 4) is 0 Å². The van der Waals surface area contributed by atoms with Gasteiger partial charge in [-0.2, -0.15) is 0 Å². The summed E-state index contributed by atoms with van der Waals surface area (Å²) < 4.78 is 21.7. The summed E-state index contributed by atoms with van der Waals surface area (Å²) in [5.41, 5.74) is 0. The first-order chi connectivity index (χ1) is 13.6. The third-order valence-electron chi connectivity index (χ3n) is 5.12. The monoisotopic (exact) mass is 402 g/mol. The summed E-state index contributed by atoms with van der Waals surface area (Å²) >= 11 is 0. The molecule has 0 saturated carbocycles. The third-order valence-corrected chi connectivity index (χ3v) is 5.12. The van der Waals surface area contributed by atoms with Gasteiger partial charge in [0.05, 0.1) is 38.6 Å². The first-order valence-electron chi connectivity index (χ1n) is 11.4. The van der Waals surface area contributed by atoms with E-state index in [-0.39, 0.29) is 0 Å². The molecule has 0 aromatic rings. The van der Waals surface area contributed by atoms with Crippen molar-refractivity contribution >= 4 is 0 Å². The maximum Gasteiger partial charge on any atom is 0.0594 e. The van der Waals surface area contributed by atoms with Crippen LogP contribution in [0.25, 0.3) is 0 Å². The molecule has 2 heterocycles. The van der Waals surface area contributed by atoms with Gasteiger partial charge in [-0.05, 0) is 53.0 Å². The van der Waals surface area contributed by atoms with Crippen molar-refractivity contribution < 1.29 is 18.9 Å². The highest BCUT2D eigenvalue weighted by atomic mass is 16.5. The highest BCUT2D eigenvalue weighted by Gasteiger charge is 2.10. The van der Waals surface area contributed by atoms with Crippen molar-refractivity contribution in [1.29, 1.82) is 0 Å². The molecule has 2 rings (SSSR count). The third kappa shape index (κ3) is 14.7. The Labute approximate surface area is 173 Å². The maximum atomic E-state index is 5.64. The zero-order valence-corrected chi connectivity index (χ0v) is 19.0. The summed E-state index contributed by atoms with van der Waals surface area (Å²) in [6.45, 7) is 20.6. The molecule has 1 atom stereocenters. The van der Waals surface area contributed by atoms with Crippen LogP contribution in [0, 0.1) is 0 Å². The largest absolute Gasteiger partial charge is 0.379 e. The molecule has 0 aromatic heterocycles. The molecule has 0 radical (unpaired) electrons. The molecule has 0 aromatic carbocycles. The fraction of sp³-hybridized carbons (Fsp3) is 1.00. The van der Waals surface area contributed by atoms with Gasteiger partial charge in [-0.15, -0.1) is 0 Å². The summed E-state index contributed by atoms with van der Waals surface area (Å²) in [6, 6.07) is 0. The van der Waals surface area contributed by atoms with Gasteiger partial charge in [-0.25, -0.2) is 0 Å². The Morgan fingerprint density at radius 2 is 1.21 bits per heavy atom. The predicted molar refractivity (Wildman–Crippen MR) is 115 cm³/mol. The molecule has 6 nitrogen and oxygen atoms in total. The summed E-state index contributed by atoms with van der Waals surface area (Å²) in [4.78, 5) is 4.92. The summed E-state index contributed by atoms with van der Waals surface area (Å²) in [5.74, 6) is 0. The molecule has 0 spiro atoms. The van der Waals surface area contributed by atoms with E-state index in [0.717, 1.165) is 85.2 Å². The number of rotatable bonds is 12. The quantitative estimate of drug-likeness (QED) is 0.468. The lowest BCUT2D eigenvalue weighted by Crippen LogP contribution is -2.37. The van der Waals surface area contributed by atoms with Crippen molar-refractivity contribution in [1.82, 2.24) is 9.80 Å². The Morgan fingerprint density at radius 1 is 0.714 bits per heavy atom. The van der Waals surface area contributed by atoms with Crippen LogP contribution in [0.4, 0.5) is 0 Å². The van der Waals surface area contributed by atoms with Crippen LogP contribution >= 0.6 is 0 Å². The van der Waals surface area contributed by atoms with Crippen LogP contribution < -0.4 is 0 Å². The van der Waals surface area contributed by atoms with Crippen LogP contribution in [-0.4, -0.2) is 101 Å². The number of morpholine rings is 2. The Hall–Kier alpha value is -0.240. The van der Waals surface area contributed by atoms with E-state index >= 15 is 0 Å². The van der Waals surface area contributed by atoms with Gasteiger partial charge in [0.2, 0.25) is 0 Å². The maximum absolute atomic E-state index is 5.64. The lowest BCUT2D eigenvalue weighted by molar-refractivity contribution is 0.0266. The van der Waals surface area contributed by atoms with Crippen molar-refractivity contribution in [2.45, 2.75) is 65.6 Å². The molecule has 0 aliphatic carbocycles. The van der Waals surface area contributed by atoms with Gasteiger partial charge in [0.25, 0.3) is 0 Å². The predicted octanol–water partition coefficient (Wildman–Crippen LogP) is 3.05. The van der Waals surface area contributed by atoms with Gasteiger partial charge in [0.15, 0.2) is 0 Å². The van der Waals surface area contributed by atoms with Gasteiger partial charge in [-0.1, -0.05) is 6.92 Å². The molecule has 6 heteroatoms. The Morgan fingerprint density at radius 3 is 1.71 bits per heavy atom. The van der Waals surface area contributed by atoms with E-state index in [4.69, 9.17) is 18.9 Å². The smallest absolute Gasteiger partial charge is 0.0594 e. The summed E-state index contributed by atoms with van der Waals surface area (Å²) in [7, 11) is 0. The van der Waals surface area contributed by atoms with E-state index in [0.29, 0.717) is 12.2 Å². The van der Waals surface area contributed by atoms with Crippen molar-refractivity contribution in [2.75, 3.05) is 78.9 Å². The molecule has 2 aliphatic rings. The van der Waals surface area contributed by atoms with Gasteiger partial charge in [-0.3, -0.25) is 9.80 Å². The van der Waals surface area contributed by atoms with Crippen LogP contribution in [0.5, 0.6) is 0 Å². The number of ether oxygens (including phenoxy) is 4. The minimum absolute atomic E-state index is 0.365. The van der Waals surface area contributed by atoms with E-state index in [1.54, 1.807) is 0 Å². The first kappa shape index (κ1) is 25.8. The van der Waals surface area contributed by atoms with Gasteiger partial charge >= 0.3 is 0 Å². The second-order valence-corrected chi connectivity index (χ2v) is 7.98. The fourth-order valence-corrected chi connectivity index (χ4v) is 3.10. The molecule has 0 bridgehead atoms.